The summed E-state index contributed by atoms with van der Waals surface area (Å²) in [5.41, 5.74) is -1.05. The first-order chi connectivity index (χ1) is 8.55. The maximum absolute atomic E-state index is 12.1. The van der Waals surface area contributed by atoms with Crippen LogP contribution in [0.4, 0.5) is 4.79 Å². The largest absolute Gasteiger partial charge is 0.480 e. The Morgan fingerprint density at radius 1 is 1.22 bits per heavy atom. The number of carbonyl (C=O) groups excluding carboxylic acids is 1. The third kappa shape index (κ3) is 3.37. The van der Waals surface area contributed by atoms with Crippen molar-refractivity contribution >= 4 is 12.0 Å². The number of hydrogen-bond acceptors (Lipinski definition) is 2. The molecule has 0 bridgehead atoms. The normalized spacial score (nSPS) is 18.1. The summed E-state index contributed by atoms with van der Waals surface area (Å²) in [4.78, 5) is 25.2. The van der Waals surface area contributed by atoms with E-state index in [1.165, 1.54) is 0 Å². The van der Waals surface area contributed by atoms with Gasteiger partial charge in [-0.15, -0.1) is 0 Å². The van der Waals surface area contributed by atoms with Crippen LogP contribution in [-0.4, -0.2) is 40.6 Å². The van der Waals surface area contributed by atoms with Gasteiger partial charge in [-0.3, -0.25) is 0 Å². The molecule has 104 valence electrons. The minimum absolute atomic E-state index is 0.247. The molecule has 0 radical (unpaired) electrons. The average Bonchev–Trinajstić information content (AvgIpc) is 2.36. The Kier molecular flexibility index (Phi) is 5.44. The van der Waals surface area contributed by atoms with E-state index in [9.17, 15) is 14.7 Å². The van der Waals surface area contributed by atoms with Gasteiger partial charge in [0.1, 0.15) is 5.54 Å². The minimum atomic E-state index is -1.05. The van der Waals surface area contributed by atoms with Crippen LogP contribution in [0.5, 0.6) is 0 Å². The lowest BCUT2D eigenvalue weighted by Crippen LogP contribution is -2.58. The van der Waals surface area contributed by atoms with Crippen LogP contribution in [0.2, 0.25) is 0 Å². The molecule has 0 aliphatic heterocycles. The molecule has 2 amide bonds. The molecule has 0 atom stereocenters. The standard InChI is InChI=1S/C13H24N2O3/c1-3-10-15(4-2)12(18)14-13(11(16)17)8-6-5-7-9-13/h3-10H2,1-2H3,(H,14,18)(H,16,17). The van der Waals surface area contributed by atoms with Gasteiger partial charge >= 0.3 is 12.0 Å². The summed E-state index contributed by atoms with van der Waals surface area (Å²) in [6, 6.07) is -0.247. The zero-order chi connectivity index (χ0) is 13.6. The van der Waals surface area contributed by atoms with Crippen LogP contribution in [0.3, 0.4) is 0 Å². The first-order valence-electron chi connectivity index (χ1n) is 6.86. The fraction of sp³-hybridized carbons (Fsp3) is 0.846. The van der Waals surface area contributed by atoms with Gasteiger partial charge in [0.05, 0.1) is 0 Å². The summed E-state index contributed by atoms with van der Waals surface area (Å²) in [6.45, 7) is 5.18. The van der Waals surface area contributed by atoms with Crippen molar-refractivity contribution in [2.45, 2.75) is 57.9 Å². The first-order valence-corrected chi connectivity index (χ1v) is 6.86. The van der Waals surface area contributed by atoms with Crippen LogP contribution in [0.15, 0.2) is 0 Å². The maximum Gasteiger partial charge on any atom is 0.329 e. The molecule has 1 fully saturated rings. The van der Waals surface area contributed by atoms with Gasteiger partial charge in [-0.1, -0.05) is 26.2 Å². The highest BCUT2D eigenvalue weighted by Crippen LogP contribution is 2.28. The minimum Gasteiger partial charge on any atom is -0.480 e. The number of rotatable bonds is 5. The molecule has 0 saturated heterocycles. The van der Waals surface area contributed by atoms with Crippen molar-refractivity contribution < 1.29 is 14.7 Å². The summed E-state index contributed by atoms with van der Waals surface area (Å²) in [5, 5.41) is 12.1. The van der Waals surface area contributed by atoms with E-state index in [2.05, 4.69) is 5.32 Å². The van der Waals surface area contributed by atoms with Crippen LogP contribution in [0.25, 0.3) is 0 Å². The van der Waals surface area contributed by atoms with Crippen LogP contribution in [-0.2, 0) is 4.79 Å². The monoisotopic (exact) mass is 256 g/mol. The molecule has 0 aromatic carbocycles. The van der Waals surface area contributed by atoms with Crippen molar-refractivity contribution in [3.05, 3.63) is 0 Å². The van der Waals surface area contributed by atoms with Crippen LogP contribution in [0, 0.1) is 0 Å². The number of carboxylic acids is 1. The number of carboxylic acid groups (broad SMARTS) is 1. The Balaban J connectivity index is 2.71. The second-order valence-corrected chi connectivity index (χ2v) is 4.96. The molecule has 18 heavy (non-hydrogen) atoms. The van der Waals surface area contributed by atoms with Crippen molar-refractivity contribution in [2.24, 2.45) is 0 Å². The lowest BCUT2D eigenvalue weighted by atomic mass is 9.82. The number of nitrogens with one attached hydrogen (secondary N) is 1. The summed E-state index contributed by atoms with van der Waals surface area (Å²) >= 11 is 0. The molecule has 0 heterocycles. The Morgan fingerprint density at radius 2 is 1.83 bits per heavy atom. The van der Waals surface area contributed by atoms with Gasteiger partial charge in [0.15, 0.2) is 0 Å². The number of urea groups is 1. The summed E-state index contributed by atoms with van der Waals surface area (Å²) in [6.07, 6.45) is 4.74. The number of amides is 2. The highest BCUT2D eigenvalue weighted by atomic mass is 16.4. The van der Waals surface area contributed by atoms with Crippen LogP contribution < -0.4 is 5.32 Å². The van der Waals surface area contributed by atoms with Gasteiger partial charge in [-0.05, 0) is 26.2 Å². The third-order valence-electron chi connectivity index (χ3n) is 3.63. The van der Waals surface area contributed by atoms with Gasteiger partial charge in [0.2, 0.25) is 0 Å². The van der Waals surface area contributed by atoms with Crippen molar-refractivity contribution in [1.82, 2.24) is 10.2 Å². The highest BCUT2D eigenvalue weighted by molar-refractivity contribution is 5.86. The molecule has 1 aliphatic carbocycles. The topological polar surface area (TPSA) is 69.6 Å². The fourth-order valence-electron chi connectivity index (χ4n) is 2.50. The predicted molar refractivity (Wildman–Crippen MR) is 69.5 cm³/mol. The highest BCUT2D eigenvalue weighted by Gasteiger charge is 2.41. The Morgan fingerprint density at radius 3 is 2.28 bits per heavy atom. The van der Waals surface area contributed by atoms with Gasteiger partial charge in [-0.2, -0.15) is 0 Å². The van der Waals surface area contributed by atoms with Crippen molar-refractivity contribution in [3.63, 3.8) is 0 Å². The van der Waals surface area contributed by atoms with Crippen LogP contribution in [0.1, 0.15) is 52.4 Å². The molecule has 0 aromatic heterocycles. The Labute approximate surface area is 109 Å². The zero-order valence-electron chi connectivity index (χ0n) is 11.4. The average molecular weight is 256 g/mol. The third-order valence-corrected chi connectivity index (χ3v) is 3.63. The molecule has 1 rings (SSSR count). The molecule has 5 nitrogen and oxygen atoms in total. The van der Waals surface area contributed by atoms with Crippen molar-refractivity contribution in [3.8, 4) is 0 Å². The van der Waals surface area contributed by atoms with E-state index in [4.69, 9.17) is 0 Å². The Hall–Kier alpha value is -1.26. The van der Waals surface area contributed by atoms with Gasteiger partial charge < -0.3 is 15.3 Å². The molecular formula is C13H24N2O3. The quantitative estimate of drug-likeness (QED) is 0.792. The number of carbonyl (C=O) groups is 2. The van der Waals surface area contributed by atoms with E-state index in [1.54, 1.807) is 4.90 Å². The number of nitrogens with zero attached hydrogens (tertiary/aromatic N) is 1. The lowest BCUT2D eigenvalue weighted by Gasteiger charge is -2.35. The first kappa shape index (κ1) is 14.8. The van der Waals surface area contributed by atoms with Crippen molar-refractivity contribution in [2.75, 3.05) is 13.1 Å². The smallest absolute Gasteiger partial charge is 0.329 e. The predicted octanol–water partition coefficient (Wildman–Crippen LogP) is 2.22. The summed E-state index contributed by atoms with van der Waals surface area (Å²) < 4.78 is 0. The summed E-state index contributed by atoms with van der Waals surface area (Å²) in [5.74, 6) is -0.900. The maximum atomic E-state index is 12.1. The molecule has 2 N–H and O–H groups in total. The molecular weight excluding hydrogens is 232 g/mol. The number of aliphatic carboxylic acids is 1. The zero-order valence-corrected chi connectivity index (χ0v) is 11.4. The van der Waals surface area contributed by atoms with E-state index in [1.807, 2.05) is 13.8 Å². The van der Waals surface area contributed by atoms with E-state index in [-0.39, 0.29) is 6.03 Å². The number of hydrogen-bond donors (Lipinski definition) is 2. The molecule has 1 aliphatic rings. The second-order valence-electron chi connectivity index (χ2n) is 4.96. The SMILES string of the molecule is CCCN(CC)C(=O)NC1(C(=O)O)CCCCC1. The van der Waals surface area contributed by atoms with Gasteiger partial charge in [0.25, 0.3) is 0 Å². The molecule has 5 heteroatoms. The van der Waals surface area contributed by atoms with Gasteiger partial charge in [-0.25, -0.2) is 9.59 Å². The molecule has 0 unspecified atom stereocenters. The van der Waals surface area contributed by atoms with Crippen molar-refractivity contribution in [1.29, 1.82) is 0 Å². The van der Waals surface area contributed by atoms with Gasteiger partial charge in [0, 0.05) is 13.1 Å². The molecule has 0 spiro atoms. The summed E-state index contributed by atoms with van der Waals surface area (Å²) in [7, 11) is 0. The van der Waals surface area contributed by atoms with E-state index in [0.29, 0.717) is 25.9 Å². The molecule has 1 saturated carbocycles. The molecule has 0 aromatic rings. The fourth-order valence-corrected chi connectivity index (χ4v) is 2.50. The lowest BCUT2D eigenvalue weighted by molar-refractivity contribution is -0.146. The second kappa shape index (κ2) is 6.61. The van der Waals surface area contributed by atoms with E-state index < -0.39 is 11.5 Å². The van der Waals surface area contributed by atoms with Crippen LogP contribution >= 0.6 is 0 Å². The Bertz CT molecular complexity index is 299. The van der Waals surface area contributed by atoms with E-state index in [0.717, 1.165) is 25.7 Å². The van der Waals surface area contributed by atoms with E-state index >= 15 is 0 Å².